The first-order valence-electron chi connectivity index (χ1n) is 9.59. The number of carbonyl (C=O) groups is 1. The Morgan fingerprint density at radius 3 is 2.36 bits per heavy atom. The number of hydrogen-bond donors (Lipinski definition) is 0. The Morgan fingerprint density at radius 1 is 1.00 bits per heavy atom. The number of carbonyl (C=O) groups excluding carboxylic acids is 1. The molecule has 1 amide bonds. The molecule has 1 saturated heterocycles. The predicted molar refractivity (Wildman–Crippen MR) is 116 cm³/mol. The molecule has 1 aliphatic carbocycles. The Bertz CT molecular complexity index is 895. The molecule has 28 heavy (non-hydrogen) atoms. The van der Waals surface area contributed by atoms with Crippen LogP contribution in [0.4, 0.5) is 0 Å². The van der Waals surface area contributed by atoms with Gasteiger partial charge in [0.25, 0.3) is 0 Å². The molecule has 0 radical (unpaired) electrons. The van der Waals surface area contributed by atoms with Gasteiger partial charge in [-0.05, 0) is 66.0 Å². The van der Waals surface area contributed by atoms with Gasteiger partial charge in [0.1, 0.15) is 0 Å². The molecule has 4 atom stereocenters. The molecule has 146 valence electrons. The van der Waals surface area contributed by atoms with Crippen LogP contribution in [-0.2, 0) is 4.79 Å². The maximum absolute atomic E-state index is 12.9. The molecule has 0 N–H and O–H groups in total. The van der Waals surface area contributed by atoms with E-state index in [9.17, 15) is 4.79 Å². The Morgan fingerprint density at radius 2 is 1.68 bits per heavy atom. The second kappa shape index (κ2) is 8.10. The summed E-state index contributed by atoms with van der Waals surface area (Å²) in [7, 11) is 0. The molecule has 0 bridgehead atoms. The van der Waals surface area contributed by atoms with Crippen LogP contribution in [-0.4, -0.2) is 23.9 Å². The van der Waals surface area contributed by atoms with E-state index in [0.717, 1.165) is 24.9 Å². The molecule has 1 saturated carbocycles. The molecule has 2 fully saturated rings. The lowest BCUT2D eigenvalue weighted by Crippen LogP contribution is -2.32. The van der Waals surface area contributed by atoms with E-state index in [0.29, 0.717) is 21.6 Å². The van der Waals surface area contributed by atoms with Gasteiger partial charge in [0.05, 0.1) is 0 Å². The summed E-state index contributed by atoms with van der Waals surface area (Å²) in [5.74, 6) is 1.00. The van der Waals surface area contributed by atoms with E-state index in [1.165, 1.54) is 5.56 Å². The van der Waals surface area contributed by atoms with E-state index in [1.54, 1.807) is 6.08 Å². The minimum atomic E-state index is 0.0583. The average molecular weight is 435 g/mol. The number of hydrogen-bond acceptors (Lipinski definition) is 1. The summed E-state index contributed by atoms with van der Waals surface area (Å²) in [5.41, 5.74) is 2.32. The van der Waals surface area contributed by atoms with E-state index >= 15 is 0 Å². The van der Waals surface area contributed by atoms with Crippen LogP contribution < -0.4 is 0 Å². The zero-order chi connectivity index (χ0) is 19.8. The van der Waals surface area contributed by atoms with E-state index in [1.807, 2.05) is 35.2 Å². The van der Waals surface area contributed by atoms with Crippen molar-refractivity contribution in [1.82, 2.24) is 4.90 Å². The number of benzene rings is 2. The quantitative estimate of drug-likeness (QED) is 0.498. The van der Waals surface area contributed by atoms with Gasteiger partial charge in [0.2, 0.25) is 5.91 Å². The SMILES string of the molecule is C=CCN1CC2C(CC[C@@H](c3ccc(Cl)cc3Cl)C2c2ccc(Cl)cc2)C1=O. The zero-order valence-corrected chi connectivity index (χ0v) is 17.7. The van der Waals surface area contributed by atoms with Crippen LogP contribution in [0.15, 0.2) is 55.1 Å². The van der Waals surface area contributed by atoms with Gasteiger partial charge >= 0.3 is 0 Å². The van der Waals surface area contributed by atoms with Gasteiger partial charge in [-0.15, -0.1) is 6.58 Å². The number of fused-ring (bicyclic) bond motifs is 1. The third-order valence-electron chi connectivity index (χ3n) is 6.23. The second-order valence-corrected chi connectivity index (χ2v) is 9.01. The fourth-order valence-corrected chi connectivity index (χ4v) is 5.74. The minimum Gasteiger partial charge on any atom is -0.338 e. The van der Waals surface area contributed by atoms with E-state index < -0.39 is 0 Å². The molecule has 2 nitrogen and oxygen atoms in total. The van der Waals surface area contributed by atoms with Crippen LogP contribution in [0.2, 0.25) is 15.1 Å². The first kappa shape index (κ1) is 19.8. The molecule has 2 aromatic rings. The normalized spacial score (nSPS) is 27.0. The van der Waals surface area contributed by atoms with Crippen LogP contribution in [0, 0.1) is 11.8 Å². The van der Waals surface area contributed by atoms with E-state index in [2.05, 4.69) is 18.7 Å². The maximum Gasteiger partial charge on any atom is 0.226 e. The Balaban J connectivity index is 1.77. The van der Waals surface area contributed by atoms with Crippen molar-refractivity contribution in [3.8, 4) is 0 Å². The largest absolute Gasteiger partial charge is 0.338 e. The molecule has 4 rings (SSSR count). The number of rotatable bonds is 4. The summed E-state index contributed by atoms with van der Waals surface area (Å²) >= 11 is 18.9. The first-order valence-corrected chi connectivity index (χ1v) is 10.7. The summed E-state index contributed by atoms with van der Waals surface area (Å²) in [6.45, 7) is 5.16. The van der Waals surface area contributed by atoms with Gasteiger partial charge < -0.3 is 4.90 Å². The minimum absolute atomic E-state index is 0.0583. The maximum atomic E-state index is 12.9. The third kappa shape index (κ3) is 3.58. The zero-order valence-electron chi connectivity index (χ0n) is 15.5. The lowest BCUT2D eigenvalue weighted by molar-refractivity contribution is -0.131. The highest BCUT2D eigenvalue weighted by molar-refractivity contribution is 6.35. The fraction of sp³-hybridized carbons (Fsp3) is 0.348. The summed E-state index contributed by atoms with van der Waals surface area (Å²) < 4.78 is 0. The molecule has 3 unspecified atom stereocenters. The molecule has 2 aromatic carbocycles. The predicted octanol–water partition coefficient (Wildman–Crippen LogP) is 6.57. The van der Waals surface area contributed by atoms with Crippen molar-refractivity contribution < 1.29 is 4.79 Å². The number of likely N-dealkylation sites (tertiary alicyclic amines) is 1. The number of amides is 1. The van der Waals surface area contributed by atoms with Crippen LogP contribution in [0.3, 0.4) is 0 Å². The highest BCUT2D eigenvalue weighted by Crippen LogP contribution is 2.53. The summed E-state index contributed by atoms with van der Waals surface area (Å²) in [5, 5.41) is 2.05. The van der Waals surface area contributed by atoms with Crippen molar-refractivity contribution >= 4 is 40.7 Å². The first-order chi connectivity index (χ1) is 13.5. The van der Waals surface area contributed by atoms with Crippen LogP contribution in [0.1, 0.15) is 35.8 Å². The molecular formula is C23H22Cl3NO. The number of nitrogens with zero attached hydrogens (tertiary/aromatic N) is 1. The van der Waals surface area contributed by atoms with Gasteiger partial charge in [0.15, 0.2) is 0 Å². The van der Waals surface area contributed by atoms with Gasteiger partial charge in [-0.3, -0.25) is 4.79 Å². The van der Waals surface area contributed by atoms with Crippen molar-refractivity contribution in [1.29, 1.82) is 0 Å². The molecule has 0 aromatic heterocycles. The van der Waals surface area contributed by atoms with Gasteiger partial charge in [-0.2, -0.15) is 0 Å². The average Bonchev–Trinajstić information content (AvgIpc) is 2.98. The van der Waals surface area contributed by atoms with Gasteiger partial charge in [-0.25, -0.2) is 0 Å². The fourth-order valence-electron chi connectivity index (χ4n) is 5.06. The monoisotopic (exact) mass is 433 g/mol. The van der Waals surface area contributed by atoms with Crippen molar-refractivity contribution in [3.05, 3.63) is 81.3 Å². The van der Waals surface area contributed by atoms with E-state index in [-0.39, 0.29) is 29.6 Å². The third-order valence-corrected chi connectivity index (χ3v) is 7.04. The topological polar surface area (TPSA) is 20.3 Å². The highest BCUT2D eigenvalue weighted by atomic mass is 35.5. The van der Waals surface area contributed by atoms with Crippen LogP contribution >= 0.6 is 34.8 Å². The van der Waals surface area contributed by atoms with Crippen molar-refractivity contribution in [3.63, 3.8) is 0 Å². The summed E-state index contributed by atoms with van der Waals surface area (Å²) in [6, 6.07) is 13.8. The lowest BCUT2D eigenvalue weighted by Gasteiger charge is -2.40. The Labute approximate surface area is 181 Å². The van der Waals surface area contributed by atoms with Crippen LogP contribution in [0.25, 0.3) is 0 Å². The molecular weight excluding hydrogens is 413 g/mol. The Hall–Kier alpha value is -1.48. The lowest BCUT2D eigenvalue weighted by atomic mass is 9.63. The summed E-state index contributed by atoms with van der Waals surface area (Å²) in [6.07, 6.45) is 3.61. The van der Waals surface area contributed by atoms with Crippen molar-refractivity contribution in [2.75, 3.05) is 13.1 Å². The highest BCUT2D eigenvalue weighted by Gasteiger charge is 2.49. The summed E-state index contributed by atoms with van der Waals surface area (Å²) in [4.78, 5) is 14.9. The molecule has 5 heteroatoms. The van der Waals surface area contributed by atoms with Crippen molar-refractivity contribution in [2.45, 2.75) is 24.7 Å². The van der Waals surface area contributed by atoms with Gasteiger partial charge in [0, 0.05) is 34.1 Å². The number of halogens is 3. The second-order valence-electron chi connectivity index (χ2n) is 7.73. The van der Waals surface area contributed by atoms with Gasteiger partial charge in [-0.1, -0.05) is 59.1 Å². The smallest absolute Gasteiger partial charge is 0.226 e. The Kier molecular flexibility index (Phi) is 5.73. The standard InChI is InChI=1S/C23H22Cl3NO/c1-2-11-27-13-20-19(23(27)28)10-9-18(17-8-7-16(25)12-21(17)26)22(20)14-3-5-15(24)6-4-14/h2-8,12,18-20,22H,1,9-11,13H2/t18-,19?,20?,22?/m0/s1. The van der Waals surface area contributed by atoms with E-state index in [4.69, 9.17) is 34.8 Å². The molecule has 0 spiro atoms. The molecule has 2 aliphatic rings. The van der Waals surface area contributed by atoms with Crippen LogP contribution in [0.5, 0.6) is 0 Å². The van der Waals surface area contributed by atoms with Crippen molar-refractivity contribution in [2.24, 2.45) is 11.8 Å². The molecule has 1 heterocycles. The molecule has 1 aliphatic heterocycles.